The van der Waals surface area contributed by atoms with E-state index in [1.54, 1.807) is 7.11 Å². The maximum atomic E-state index is 6.28. The minimum absolute atomic E-state index is 0.439. The number of aromatic nitrogens is 2. The van der Waals surface area contributed by atoms with E-state index in [-0.39, 0.29) is 0 Å². The summed E-state index contributed by atoms with van der Waals surface area (Å²) in [6.45, 7) is 0. The first-order valence-electron chi connectivity index (χ1n) is 8.54. The van der Waals surface area contributed by atoms with Crippen LogP contribution in [0.2, 0.25) is 0 Å². The van der Waals surface area contributed by atoms with Crippen molar-refractivity contribution in [1.82, 2.24) is 9.97 Å². The Kier molecular flexibility index (Phi) is 5.36. The van der Waals surface area contributed by atoms with E-state index in [0.717, 1.165) is 11.4 Å². The van der Waals surface area contributed by atoms with Crippen LogP contribution in [0.5, 0.6) is 5.75 Å². The van der Waals surface area contributed by atoms with Gasteiger partial charge in [-0.15, -0.1) is 0 Å². The number of rotatable bonds is 5. The summed E-state index contributed by atoms with van der Waals surface area (Å²) in [4.78, 5) is 8.60. The van der Waals surface area contributed by atoms with Crippen molar-refractivity contribution in [3.8, 4) is 5.75 Å². The minimum atomic E-state index is 0.439. The lowest BCUT2D eigenvalue weighted by molar-refractivity contribution is 0.415. The molecule has 0 saturated heterocycles. The van der Waals surface area contributed by atoms with Crippen molar-refractivity contribution in [2.75, 3.05) is 23.5 Å². The average molecular weight is 327 g/mol. The van der Waals surface area contributed by atoms with Gasteiger partial charge in [0.15, 0.2) is 11.6 Å². The van der Waals surface area contributed by atoms with Crippen molar-refractivity contribution in [2.24, 2.45) is 0 Å². The summed E-state index contributed by atoms with van der Waals surface area (Å²) >= 11 is 0. The smallest absolute Gasteiger partial charge is 0.159 e. The highest BCUT2D eigenvalue weighted by molar-refractivity contribution is 5.77. The summed E-state index contributed by atoms with van der Waals surface area (Å²) in [5.41, 5.74) is 7.70. The fourth-order valence-corrected chi connectivity index (χ4v) is 3.06. The third-order valence-corrected chi connectivity index (χ3v) is 4.41. The van der Waals surface area contributed by atoms with Gasteiger partial charge in [0.25, 0.3) is 0 Å². The van der Waals surface area contributed by atoms with Crippen molar-refractivity contribution in [3.63, 3.8) is 0 Å². The first kappa shape index (κ1) is 16.4. The molecule has 1 saturated carbocycles. The monoisotopic (exact) mass is 327 g/mol. The highest BCUT2D eigenvalue weighted by Gasteiger charge is 2.15. The van der Waals surface area contributed by atoms with Crippen LogP contribution in [0.3, 0.4) is 0 Å². The van der Waals surface area contributed by atoms with E-state index < -0.39 is 0 Å². The molecule has 3 rings (SSSR count). The van der Waals surface area contributed by atoms with Gasteiger partial charge >= 0.3 is 0 Å². The molecule has 1 aliphatic carbocycles. The van der Waals surface area contributed by atoms with Crippen LogP contribution in [0.4, 0.5) is 23.0 Å². The van der Waals surface area contributed by atoms with Gasteiger partial charge in [-0.25, -0.2) is 9.97 Å². The lowest BCUT2D eigenvalue weighted by Gasteiger charge is -2.19. The third-order valence-electron chi connectivity index (χ3n) is 4.41. The second-order valence-corrected chi connectivity index (χ2v) is 6.17. The molecule has 0 amide bonds. The lowest BCUT2D eigenvalue weighted by Crippen LogP contribution is -2.20. The fraction of sp³-hybridized carbons (Fsp3) is 0.444. The molecular formula is C18H25N5O. The minimum Gasteiger partial charge on any atom is -0.497 e. The maximum Gasteiger partial charge on any atom is 0.159 e. The summed E-state index contributed by atoms with van der Waals surface area (Å²) in [6.07, 6.45) is 9.04. The molecule has 24 heavy (non-hydrogen) atoms. The number of nitrogens with two attached hydrogens (primary N) is 1. The molecule has 128 valence electrons. The Hall–Kier alpha value is -2.50. The van der Waals surface area contributed by atoms with Crippen molar-refractivity contribution in [1.29, 1.82) is 0 Å². The molecule has 0 aliphatic heterocycles. The third kappa shape index (κ3) is 4.07. The molecule has 1 aromatic heterocycles. The van der Waals surface area contributed by atoms with E-state index in [4.69, 9.17) is 10.5 Å². The number of nitrogen functional groups attached to an aromatic ring is 1. The van der Waals surface area contributed by atoms with Crippen LogP contribution < -0.4 is 21.1 Å². The van der Waals surface area contributed by atoms with Crippen LogP contribution >= 0.6 is 0 Å². The highest BCUT2D eigenvalue weighted by Crippen LogP contribution is 2.29. The standard InChI is InChI=1S/C18H25N5O/c1-24-15-10-6-9-14(11-15)23-18-16(19)17(20-12-21-18)22-13-7-4-2-3-5-8-13/h6,9-13H,2-5,7-8,19H2,1H3,(H2,20,21,22,23). The van der Waals surface area contributed by atoms with Crippen LogP contribution in [0, 0.1) is 0 Å². The zero-order valence-corrected chi connectivity index (χ0v) is 14.1. The number of methoxy groups -OCH3 is 1. The normalized spacial score (nSPS) is 15.5. The Morgan fingerprint density at radius 1 is 1.08 bits per heavy atom. The predicted octanol–water partition coefficient (Wildman–Crippen LogP) is 3.95. The number of nitrogens with one attached hydrogen (secondary N) is 2. The van der Waals surface area contributed by atoms with Crippen molar-refractivity contribution < 1.29 is 4.74 Å². The maximum absolute atomic E-state index is 6.28. The molecule has 1 aliphatic rings. The van der Waals surface area contributed by atoms with Crippen LogP contribution in [-0.2, 0) is 0 Å². The van der Waals surface area contributed by atoms with Crippen LogP contribution in [0.1, 0.15) is 38.5 Å². The first-order valence-corrected chi connectivity index (χ1v) is 8.54. The quantitative estimate of drug-likeness (QED) is 0.721. The van der Waals surface area contributed by atoms with Crippen LogP contribution in [-0.4, -0.2) is 23.1 Å². The zero-order chi connectivity index (χ0) is 16.8. The van der Waals surface area contributed by atoms with Gasteiger partial charge in [-0.3, -0.25) is 0 Å². The Bertz CT molecular complexity index is 668. The molecule has 6 heteroatoms. The van der Waals surface area contributed by atoms with E-state index in [1.165, 1.54) is 44.9 Å². The molecule has 0 spiro atoms. The SMILES string of the molecule is COc1cccc(Nc2ncnc(NC3CCCCCC3)c2N)c1. The average Bonchev–Trinajstić information content (AvgIpc) is 2.87. The van der Waals surface area contributed by atoms with E-state index in [9.17, 15) is 0 Å². The van der Waals surface area contributed by atoms with Crippen molar-refractivity contribution >= 4 is 23.0 Å². The number of benzene rings is 1. The molecule has 0 unspecified atom stereocenters. The largest absolute Gasteiger partial charge is 0.497 e. The van der Waals surface area contributed by atoms with E-state index in [2.05, 4.69) is 20.6 Å². The molecule has 0 atom stereocenters. The van der Waals surface area contributed by atoms with Gasteiger partial charge in [0.1, 0.15) is 17.8 Å². The fourth-order valence-electron chi connectivity index (χ4n) is 3.06. The predicted molar refractivity (Wildman–Crippen MR) is 97.8 cm³/mol. The number of hydrogen-bond acceptors (Lipinski definition) is 6. The summed E-state index contributed by atoms with van der Waals surface area (Å²) in [5, 5.41) is 6.74. The van der Waals surface area contributed by atoms with Gasteiger partial charge in [-0.2, -0.15) is 0 Å². The zero-order valence-electron chi connectivity index (χ0n) is 14.1. The van der Waals surface area contributed by atoms with Gasteiger partial charge in [0.05, 0.1) is 7.11 Å². The summed E-state index contributed by atoms with van der Waals surface area (Å²) < 4.78 is 5.24. The topological polar surface area (TPSA) is 85.1 Å². The Labute approximate surface area is 142 Å². The lowest BCUT2D eigenvalue weighted by atomic mass is 10.1. The first-order chi connectivity index (χ1) is 11.8. The second kappa shape index (κ2) is 7.86. The van der Waals surface area contributed by atoms with E-state index in [1.807, 2.05) is 24.3 Å². The van der Waals surface area contributed by atoms with Gasteiger partial charge in [0.2, 0.25) is 0 Å². The van der Waals surface area contributed by atoms with Gasteiger partial charge < -0.3 is 21.1 Å². The molecule has 0 bridgehead atoms. The number of hydrogen-bond donors (Lipinski definition) is 3. The molecule has 4 N–H and O–H groups in total. The summed E-state index contributed by atoms with van der Waals surface area (Å²) in [5.74, 6) is 2.10. The molecular weight excluding hydrogens is 302 g/mol. The Morgan fingerprint density at radius 3 is 2.58 bits per heavy atom. The van der Waals surface area contributed by atoms with Gasteiger partial charge in [0, 0.05) is 17.8 Å². The van der Waals surface area contributed by atoms with Crippen molar-refractivity contribution in [2.45, 2.75) is 44.6 Å². The second-order valence-electron chi connectivity index (χ2n) is 6.17. The summed E-state index contributed by atoms with van der Waals surface area (Å²) in [7, 11) is 1.65. The van der Waals surface area contributed by atoms with Crippen LogP contribution in [0.15, 0.2) is 30.6 Å². The van der Waals surface area contributed by atoms with Gasteiger partial charge in [-0.1, -0.05) is 31.7 Å². The van der Waals surface area contributed by atoms with Crippen molar-refractivity contribution in [3.05, 3.63) is 30.6 Å². The Balaban J connectivity index is 1.74. The number of nitrogens with zero attached hydrogens (tertiary/aromatic N) is 2. The summed E-state index contributed by atoms with van der Waals surface area (Å²) in [6, 6.07) is 8.11. The molecule has 1 heterocycles. The Morgan fingerprint density at radius 2 is 1.83 bits per heavy atom. The molecule has 1 fully saturated rings. The van der Waals surface area contributed by atoms with E-state index in [0.29, 0.717) is 23.4 Å². The number of anilines is 4. The number of ether oxygens (including phenoxy) is 1. The molecule has 2 aromatic rings. The highest BCUT2D eigenvalue weighted by atomic mass is 16.5. The van der Waals surface area contributed by atoms with Gasteiger partial charge in [-0.05, 0) is 25.0 Å². The molecule has 1 aromatic carbocycles. The molecule has 0 radical (unpaired) electrons. The molecule has 6 nitrogen and oxygen atoms in total. The van der Waals surface area contributed by atoms with Crippen LogP contribution in [0.25, 0.3) is 0 Å². The van der Waals surface area contributed by atoms with E-state index >= 15 is 0 Å².